The van der Waals surface area contributed by atoms with Gasteiger partial charge in [-0.05, 0) is 44.7 Å². The summed E-state index contributed by atoms with van der Waals surface area (Å²) in [6.07, 6.45) is 4.85. The largest absolute Gasteiger partial charge is 0.396 e. The van der Waals surface area contributed by atoms with Crippen LogP contribution in [0.4, 0.5) is 0 Å². The molecular formula is C17H27NO. The Balaban J connectivity index is 1.99. The maximum absolute atomic E-state index is 9.65. The standard InChI is InChI=1S/C17H27NO/c1-13-6-7-16(14(2)10-13)15(3)18-11-17(12-19)8-4-5-9-17/h6-7,10,15,18-19H,4-5,8-9,11-12H2,1-3H3. The third kappa shape index (κ3) is 3.37. The van der Waals surface area contributed by atoms with Crippen LogP contribution in [0.5, 0.6) is 0 Å². The van der Waals surface area contributed by atoms with Crippen molar-refractivity contribution in [2.75, 3.05) is 13.2 Å². The van der Waals surface area contributed by atoms with Gasteiger partial charge in [-0.1, -0.05) is 36.6 Å². The van der Waals surface area contributed by atoms with E-state index in [1.807, 2.05) is 0 Å². The first-order chi connectivity index (χ1) is 9.06. The maximum atomic E-state index is 9.65. The lowest BCUT2D eigenvalue weighted by Gasteiger charge is -2.29. The van der Waals surface area contributed by atoms with Crippen molar-refractivity contribution in [1.82, 2.24) is 5.32 Å². The minimum absolute atomic E-state index is 0.132. The third-order valence-electron chi connectivity index (χ3n) is 4.67. The highest BCUT2D eigenvalue weighted by Gasteiger charge is 2.33. The van der Waals surface area contributed by atoms with Gasteiger partial charge in [0.25, 0.3) is 0 Å². The van der Waals surface area contributed by atoms with Gasteiger partial charge < -0.3 is 10.4 Å². The van der Waals surface area contributed by atoms with Crippen LogP contribution in [0, 0.1) is 19.3 Å². The molecule has 0 saturated heterocycles. The van der Waals surface area contributed by atoms with Crippen molar-refractivity contribution in [3.05, 3.63) is 34.9 Å². The second kappa shape index (κ2) is 6.06. The van der Waals surface area contributed by atoms with Crippen LogP contribution in [-0.2, 0) is 0 Å². The van der Waals surface area contributed by atoms with E-state index in [1.54, 1.807) is 0 Å². The fraction of sp³-hybridized carbons (Fsp3) is 0.647. The van der Waals surface area contributed by atoms with Gasteiger partial charge in [0, 0.05) is 24.6 Å². The molecular weight excluding hydrogens is 234 g/mol. The van der Waals surface area contributed by atoms with Gasteiger partial charge in [0.05, 0.1) is 0 Å². The molecule has 2 N–H and O–H groups in total. The fourth-order valence-corrected chi connectivity index (χ4v) is 3.31. The van der Waals surface area contributed by atoms with Crippen LogP contribution in [-0.4, -0.2) is 18.3 Å². The molecule has 19 heavy (non-hydrogen) atoms. The lowest BCUT2D eigenvalue weighted by molar-refractivity contribution is 0.125. The predicted octanol–water partition coefficient (Wildman–Crippen LogP) is 3.51. The number of hydrogen-bond acceptors (Lipinski definition) is 2. The SMILES string of the molecule is Cc1ccc(C(C)NCC2(CO)CCCC2)c(C)c1. The molecule has 1 aliphatic carbocycles. The summed E-state index contributed by atoms with van der Waals surface area (Å²) in [5, 5.41) is 13.3. The molecule has 0 aromatic heterocycles. The van der Waals surface area contributed by atoms with Gasteiger partial charge in [-0.15, -0.1) is 0 Å². The smallest absolute Gasteiger partial charge is 0.0499 e. The number of rotatable bonds is 5. The Kier molecular flexibility index (Phi) is 4.64. The highest BCUT2D eigenvalue weighted by Crippen LogP contribution is 2.37. The molecule has 1 aliphatic rings. The van der Waals surface area contributed by atoms with Gasteiger partial charge in [0.15, 0.2) is 0 Å². The van der Waals surface area contributed by atoms with E-state index >= 15 is 0 Å². The highest BCUT2D eigenvalue weighted by atomic mass is 16.3. The lowest BCUT2D eigenvalue weighted by Crippen LogP contribution is -2.36. The summed E-state index contributed by atoms with van der Waals surface area (Å²) in [5.41, 5.74) is 4.17. The van der Waals surface area contributed by atoms with Gasteiger partial charge in [-0.25, -0.2) is 0 Å². The van der Waals surface area contributed by atoms with E-state index in [1.165, 1.54) is 29.5 Å². The average molecular weight is 261 g/mol. The van der Waals surface area contributed by atoms with E-state index in [0.29, 0.717) is 12.6 Å². The van der Waals surface area contributed by atoms with Crippen molar-refractivity contribution < 1.29 is 5.11 Å². The van der Waals surface area contributed by atoms with Crippen molar-refractivity contribution >= 4 is 0 Å². The molecule has 0 bridgehead atoms. The molecule has 2 nitrogen and oxygen atoms in total. The normalized spacial score (nSPS) is 19.6. The van der Waals surface area contributed by atoms with Crippen molar-refractivity contribution in [2.45, 2.75) is 52.5 Å². The van der Waals surface area contributed by atoms with Gasteiger partial charge in [-0.3, -0.25) is 0 Å². The maximum Gasteiger partial charge on any atom is 0.0499 e. The van der Waals surface area contributed by atoms with E-state index in [4.69, 9.17) is 0 Å². The summed E-state index contributed by atoms with van der Waals surface area (Å²) in [6.45, 7) is 7.78. The van der Waals surface area contributed by atoms with E-state index in [2.05, 4.69) is 44.3 Å². The number of aliphatic hydroxyl groups excluding tert-OH is 1. The third-order valence-corrected chi connectivity index (χ3v) is 4.67. The molecule has 1 atom stereocenters. The Morgan fingerprint density at radius 3 is 2.53 bits per heavy atom. The van der Waals surface area contributed by atoms with Crippen LogP contribution < -0.4 is 5.32 Å². The van der Waals surface area contributed by atoms with E-state index in [9.17, 15) is 5.11 Å². The molecule has 1 fully saturated rings. The van der Waals surface area contributed by atoms with Crippen LogP contribution in [0.15, 0.2) is 18.2 Å². The Morgan fingerprint density at radius 1 is 1.26 bits per heavy atom. The topological polar surface area (TPSA) is 32.3 Å². The monoisotopic (exact) mass is 261 g/mol. The average Bonchev–Trinajstić information content (AvgIpc) is 2.85. The van der Waals surface area contributed by atoms with Gasteiger partial charge in [0.1, 0.15) is 0 Å². The Bertz CT molecular complexity index is 421. The Morgan fingerprint density at radius 2 is 1.95 bits per heavy atom. The molecule has 1 unspecified atom stereocenters. The summed E-state index contributed by atoms with van der Waals surface area (Å²) in [6, 6.07) is 7.00. The predicted molar refractivity (Wildman–Crippen MR) is 80.3 cm³/mol. The molecule has 1 aromatic rings. The van der Waals surface area contributed by atoms with Crippen molar-refractivity contribution in [2.24, 2.45) is 5.41 Å². The van der Waals surface area contributed by atoms with Crippen LogP contribution >= 0.6 is 0 Å². The second-order valence-corrected chi connectivity index (χ2v) is 6.33. The van der Waals surface area contributed by atoms with E-state index < -0.39 is 0 Å². The van der Waals surface area contributed by atoms with Crippen LogP contribution in [0.1, 0.15) is 55.3 Å². The number of aliphatic hydroxyl groups is 1. The minimum atomic E-state index is 0.132. The first-order valence-corrected chi connectivity index (χ1v) is 7.48. The molecule has 1 saturated carbocycles. The molecule has 2 rings (SSSR count). The van der Waals surface area contributed by atoms with E-state index in [0.717, 1.165) is 19.4 Å². The van der Waals surface area contributed by atoms with Crippen molar-refractivity contribution in [1.29, 1.82) is 0 Å². The molecule has 106 valence electrons. The summed E-state index contributed by atoms with van der Waals surface area (Å²) in [4.78, 5) is 0. The Hall–Kier alpha value is -0.860. The number of aryl methyl sites for hydroxylation is 2. The molecule has 1 aromatic carbocycles. The molecule has 0 spiro atoms. The lowest BCUT2D eigenvalue weighted by atomic mass is 9.86. The van der Waals surface area contributed by atoms with Crippen LogP contribution in [0.2, 0.25) is 0 Å². The zero-order chi connectivity index (χ0) is 13.9. The van der Waals surface area contributed by atoms with Crippen LogP contribution in [0.25, 0.3) is 0 Å². The quantitative estimate of drug-likeness (QED) is 0.850. The summed E-state index contributed by atoms with van der Waals surface area (Å²) in [7, 11) is 0. The Labute approximate surface area is 117 Å². The molecule has 0 radical (unpaired) electrons. The second-order valence-electron chi connectivity index (χ2n) is 6.33. The molecule has 2 heteroatoms. The molecule has 0 aliphatic heterocycles. The van der Waals surface area contributed by atoms with E-state index in [-0.39, 0.29) is 5.41 Å². The first kappa shape index (κ1) is 14.5. The number of nitrogens with one attached hydrogen (secondary N) is 1. The van der Waals surface area contributed by atoms with Gasteiger partial charge >= 0.3 is 0 Å². The number of benzene rings is 1. The molecule has 0 heterocycles. The number of hydrogen-bond donors (Lipinski definition) is 2. The van der Waals surface area contributed by atoms with Gasteiger partial charge in [0.2, 0.25) is 0 Å². The molecule has 0 amide bonds. The zero-order valence-electron chi connectivity index (χ0n) is 12.5. The van der Waals surface area contributed by atoms with Crippen molar-refractivity contribution in [3.8, 4) is 0 Å². The first-order valence-electron chi connectivity index (χ1n) is 7.48. The zero-order valence-corrected chi connectivity index (χ0v) is 12.5. The summed E-state index contributed by atoms with van der Waals surface area (Å²) < 4.78 is 0. The minimum Gasteiger partial charge on any atom is -0.396 e. The highest BCUT2D eigenvalue weighted by molar-refractivity contribution is 5.32. The fourth-order valence-electron chi connectivity index (χ4n) is 3.31. The summed E-state index contributed by atoms with van der Waals surface area (Å²) >= 11 is 0. The van der Waals surface area contributed by atoms with Crippen molar-refractivity contribution in [3.63, 3.8) is 0 Å². The van der Waals surface area contributed by atoms with Crippen LogP contribution in [0.3, 0.4) is 0 Å². The van der Waals surface area contributed by atoms with Gasteiger partial charge in [-0.2, -0.15) is 0 Å². The summed E-state index contributed by atoms with van der Waals surface area (Å²) in [5.74, 6) is 0.